The summed E-state index contributed by atoms with van der Waals surface area (Å²) in [4.78, 5) is 0. The average Bonchev–Trinajstić information content (AvgIpc) is 2.73. The Labute approximate surface area is 193 Å². The van der Waals surface area contributed by atoms with Crippen molar-refractivity contribution in [1.29, 1.82) is 0 Å². The van der Waals surface area contributed by atoms with Gasteiger partial charge in [-0.05, 0) is 0 Å². The van der Waals surface area contributed by atoms with Crippen LogP contribution in [0.1, 0.15) is 142 Å². The van der Waals surface area contributed by atoms with Crippen molar-refractivity contribution in [2.45, 2.75) is 154 Å². The summed E-state index contributed by atoms with van der Waals surface area (Å²) in [6.45, 7) is 6.33. The average molecular weight is 405 g/mol. The fourth-order valence-electron chi connectivity index (χ4n) is 3.85. The van der Waals surface area contributed by atoms with Gasteiger partial charge in [0.2, 0.25) is 0 Å². The smallest absolute Gasteiger partial charge is 0.0654 e. The van der Waals surface area contributed by atoms with Crippen LogP contribution in [0.25, 0.3) is 0 Å². The molecule has 0 unspecified atom stereocenters. The van der Waals surface area contributed by atoms with Gasteiger partial charge in [-0.1, -0.05) is 65.2 Å². The van der Waals surface area contributed by atoms with Crippen molar-refractivity contribution in [2.75, 3.05) is 13.2 Å². The number of hydrogen-bond donors (Lipinski definition) is 0. The summed E-state index contributed by atoms with van der Waals surface area (Å²) >= 11 is 2.27. The zero-order chi connectivity index (χ0) is 21.3. The zero-order valence-electron chi connectivity index (χ0n) is 20.7. The van der Waals surface area contributed by atoms with Crippen molar-refractivity contribution in [3.05, 3.63) is 0 Å². The molecular formula is C26H53LiO2. The van der Waals surface area contributed by atoms with E-state index in [1.165, 1.54) is 127 Å². The molecule has 0 bridgehead atoms. The first-order valence-electron chi connectivity index (χ1n) is 13.6. The molecule has 0 rings (SSSR count). The molecule has 0 N–H and O–H groups in total. The van der Waals surface area contributed by atoms with Gasteiger partial charge in [0.1, 0.15) is 0 Å². The van der Waals surface area contributed by atoms with Crippen LogP contribution in [0.15, 0.2) is 0 Å². The molecule has 0 aliphatic heterocycles. The van der Waals surface area contributed by atoms with E-state index in [4.69, 9.17) is 9.47 Å². The van der Waals surface area contributed by atoms with E-state index in [9.17, 15) is 0 Å². The van der Waals surface area contributed by atoms with E-state index in [0.29, 0.717) is 0 Å². The Morgan fingerprint density at radius 1 is 0.483 bits per heavy atom. The fraction of sp³-hybridized carbons (Fsp3) is 1.00. The molecule has 29 heavy (non-hydrogen) atoms. The van der Waals surface area contributed by atoms with Gasteiger partial charge >= 0.3 is 129 Å². The molecule has 0 aliphatic carbocycles. The zero-order valence-corrected chi connectivity index (χ0v) is 20.7. The Balaban J connectivity index is 3.69. The quantitative estimate of drug-likeness (QED) is 0.0859. The molecule has 170 valence electrons. The first kappa shape index (κ1) is 29.5. The molecule has 0 radical (unpaired) electrons. The van der Waals surface area contributed by atoms with Crippen molar-refractivity contribution in [3.8, 4) is 0 Å². The van der Waals surface area contributed by atoms with Crippen LogP contribution < -0.4 is 0 Å². The molecule has 0 aliphatic rings. The molecule has 2 nitrogen and oxygen atoms in total. The van der Waals surface area contributed by atoms with E-state index in [1.54, 1.807) is 0 Å². The van der Waals surface area contributed by atoms with Crippen LogP contribution >= 0.6 is 0 Å². The van der Waals surface area contributed by atoms with E-state index in [2.05, 4.69) is 31.6 Å². The number of ether oxygens (including phenoxy) is 2. The summed E-state index contributed by atoms with van der Waals surface area (Å²) in [7, 11) is 0. The molecule has 0 aromatic heterocycles. The van der Waals surface area contributed by atoms with Crippen LogP contribution in [0, 0.1) is 0 Å². The summed E-state index contributed by atoms with van der Waals surface area (Å²) in [6.07, 6.45) is 26.7. The summed E-state index contributed by atoms with van der Waals surface area (Å²) in [6, 6.07) is 0. The van der Waals surface area contributed by atoms with Crippen LogP contribution in [0.3, 0.4) is 0 Å². The van der Waals surface area contributed by atoms with E-state index in [-0.39, 0.29) is 6.29 Å². The third kappa shape index (κ3) is 24.7. The first-order valence-corrected chi connectivity index (χ1v) is 13.6. The fourth-order valence-corrected chi connectivity index (χ4v) is 3.85. The van der Waals surface area contributed by atoms with Crippen molar-refractivity contribution < 1.29 is 9.47 Å². The number of rotatable bonds is 25. The van der Waals surface area contributed by atoms with Crippen molar-refractivity contribution >= 4 is 17.7 Å². The molecule has 0 spiro atoms. The summed E-state index contributed by atoms with van der Waals surface area (Å²) in [5.74, 6) is 0. The second kappa shape index (κ2) is 26.6. The maximum atomic E-state index is 6.12. The molecule has 0 heterocycles. The minimum atomic E-state index is 0.0426. The third-order valence-electron chi connectivity index (χ3n) is 5.90. The van der Waals surface area contributed by atoms with Crippen molar-refractivity contribution in [3.63, 3.8) is 0 Å². The molecular weight excluding hydrogens is 351 g/mol. The molecule has 0 aromatic carbocycles. The van der Waals surface area contributed by atoms with E-state index in [1.807, 2.05) is 0 Å². The van der Waals surface area contributed by atoms with Gasteiger partial charge in [0.15, 0.2) is 0 Å². The summed E-state index contributed by atoms with van der Waals surface area (Å²) in [5.41, 5.74) is 0. The summed E-state index contributed by atoms with van der Waals surface area (Å²) in [5, 5.41) is 1.29. The summed E-state index contributed by atoms with van der Waals surface area (Å²) < 4.78 is 12.2. The Bertz CT molecular complexity index is 264. The van der Waals surface area contributed by atoms with Crippen LogP contribution in [-0.2, 0) is 9.47 Å². The van der Waals surface area contributed by atoms with Crippen molar-refractivity contribution in [2.24, 2.45) is 0 Å². The molecule has 0 atom stereocenters. The van der Waals surface area contributed by atoms with Crippen molar-refractivity contribution in [1.82, 2.24) is 0 Å². The first-order chi connectivity index (χ1) is 14.3. The van der Waals surface area contributed by atoms with E-state index < -0.39 is 0 Å². The van der Waals surface area contributed by atoms with Gasteiger partial charge in [-0.25, -0.2) is 0 Å². The predicted octanol–water partition coefficient (Wildman–Crippen LogP) is 8.77. The topological polar surface area (TPSA) is 18.5 Å². The minimum absolute atomic E-state index is 0.0426. The van der Waals surface area contributed by atoms with Crippen LogP contribution in [0.2, 0.25) is 5.09 Å². The SMILES string of the molecule is [Li][CH2]CCCCC(OCCCCCCCCCC)OCCCCCCCCCC. The molecule has 0 saturated heterocycles. The third-order valence-corrected chi connectivity index (χ3v) is 5.90. The molecule has 0 fully saturated rings. The normalized spacial score (nSPS) is 11.6. The van der Waals surface area contributed by atoms with Gasteiger partial charge in [-0.2, -0.15) is 0 Å². The van der Waals surface area contributed by atoms with Gasteiger partial charge in [0, 0.05) is 0 Å². The Kier molecular flexibility index (Phi) is 27.0. The molecule has 0 aromatic rings. The second-order valence-corrected chi connectivity index (χ2v) is 8.97. The Hall–Kier alpha value is 0.517. The predicted molar refractivity (Wildman–Crippen MR) is 130 cm³/mol. The Morgan fingerprint density at radius 2 is 0.862 bits per heavy atom. The second-order valence-electron chi connectivity index (χ2n) is 8.97. The van der Waals surface area contributed by atoms with Crippen LogP contribution in [-0.4, -0.2) is 37.2 Å². The van der Waals surface area contributed by atoms with Gasteiger partial charge in [0.25, 0.3) is 0 Å². The van der Waals surface area contributed by atoms with Crippen LogP contribution in [0.5, 0.6) is 0 Å². The molecule has 3 heteroatoms. The molecule has 0 amide bonds. The van der Waals surface area contributed by atoms with Crippen LogP contribution in [0.4, 0.5) is 0 Å². The van der Waals surface area contributed by atoms with Gasteiger partial charge in [0.05, 0.1) is 0 Å². The molecule has 0 saturated carbocycles. The van der Waals surface area contributed by atoms with E-state index in [0.717, 1.165) is 19.6 Å². The number of unbranched alkanes of at least 4 members (excludes halogenated alkanes) is 16. The number of hydrogen-bond acceptors (Lipinski definition) is 2. The minimum Gasteiger partial charge on any atom is -0.0654 e. The Morgan fingerprint density at radius 3 is 1.28 bits per heavy atom. The van der Waals surface area contributed by atoms with E-state index >= 15 is 0 Å². The maximum absolute atomic E-state index is 6.12. The van der Waals surface area contributed by atoms with Gasteiger partial charge < -0.3 is 0 Å². The standard InChI is InChI=1S/C26H53O2.Li/c1-4-7-10-12-14-16-18-21-24-27-26(23-20-9-6-3)28-25-22-19-17-15-13-11-8-5-2;/h26H,3-25H2,1-2H3;. The monoisotopic (exact) mass is 404 g/mol. The van der Waals surface area contributed by atoms with Gasteiger partial charge in [-0.3, -0.25) is 0 Å². The van der Waals surface area contributed by atoms with Gasteiger partial charge in [-0.15, -0.1) is 0 Å².